The van der Waals surface area contributed by atoms with Gasteiger partial charge in [0.2, 0.25) is 0 Å². The molecule has 3 rings (SSSR count). The van der Waals surface area contributed by atoms with E-state index in [0.29, 0.717) is 5.92 Å². The molecule has 5 heteroatoms. The first-order valence-corrected chi connectivity index (χ1v) is 5.98. The van der Waals surface area contributed by atoms with Crippen LogP contribution in [0.1, 0.15) is 30.3 Å². The highest BCUT2D eigenvalue weighted by Crippen LogP contribution is 2.39. The molecule has 2 aromatic heterocycles. The summed E-state index contributed by atoms with van der Waals surface area (Å²) >= 11 is 0. The minimum atomic E-state index is 0.204. The SMILES string of the molecule is Cn1ncnc1Cn1ccc(C(N)C2CC2)c1. The zero-order valence-corrected chi connectivity index (χ0v) is 9.95. The Bertz CT molecular complexity index is 508. The van der Waals surface area contributed by atoms with E-state index < -0.39 is 0 Å². The first-order valence-electron chi connectivity index (χ1n) is 5.98. The van der Waals surface area contributed by atoms with Crippen LogP contribution in [0.2, 0.25) is 0 Å². The molecule has 0 radical (unpaired) electrons. The third kappa shape index (κ3) is 2.10. The molecule has 0 spiro atoms. The van der Waals surface area contributed by atoms with Crippen molar-refractivity contribution < 1.29 is 0 Å². The average Bonchev–Trinajstić information content (AvgIpc) is 2.95. The molecule has 5 nitrogen and oxygen atoms in total. The van der Waals surface area contributed by atoms with Crippen LogP contribution < -0.4 is 5.73 Å². The predicted molar refractivity (Wildman–Crippen MR) is 64.2 cm³/mol. The van der Waals surface area contributed by atoms with Crippen LogP contribution in [0.4, 0.5) is 0 Å². The fourth-order valence-corrected chi connectivity index (χ4v) is 2.11. The van der Waals surface area contributed by atoms with Crippen LogP contribution in [-0.4, -0.2) is 19.3 Å². The van der Waals surface area contributed by atoms with E-state index in [9.17, 15) is 0 Å². The molecule has 1 fully saturated rings. The zero-order valence-electron chi connectivity index (χ0n) is 9.95. The predicted octanol–water partition coefficient (Wildman–Crippen LogP) is 1.07. The quantitative estimate of drug-likeness (QED) is 0.856. The number of hydrogen-bond donors (Lipinski definition) is 1. The highest BCUT2D eigenvalue weighted by Gasteiger charge is 2.29. The van der Waals surface area contributed by atoms with Gasteiger partial charge in [-0.25, -0.2) is 4.98 Å². The zero-order chi connectivity index (χ0) is 11.8. The summed E-state index contributed by atoms with van der Waals surface area (Å²) in [6.45, 7) is 0.744. The van der Waals surface area contributed by atoms with Crippen LogP contribution in [0.25, 0.3) is 0 Å². The van der Waals surface area contributed by atoms with E-state index in [0.717, 1.165) is 12.4 Å². The first-order chi connectivity index (χ1) is 8.24. The molecule has 1 aliphatic rings. The maximum Gasteiger partial charge on any atom is 0.146 e. The fraction of sp³-hybridized carbons (Fsp3) is 0.500. The minimum absolute atomic E-state index is 0.204. The molecule has 2 heterocycles. The van der Waals surface area contributed by atoms with Crippen molar-refractivity contribution in [2.75, 3.05) is 0 Å². The van der Waals surface area contributed by atoms with Crippen molar-refractivity contribution in [3.63, 3.8) is 0 Å². The molecule has 0 aliphatic heterocycles. The van der Waals surface area contributed by atoms with Crippen LogP contribution in [0.3, 0.4) is 0 Å². The number of aromatic nitrogens is 4. The van der Waals surface area contributed by atoms with Crippen molar-refractivity contribution in [2.24, 2.45) is 18.7 Å². The van der Waals surface area contributed by atoms with Gasteiger partial charge in [-0.05, 0) is 30.4 Å². The van der Waals surface area contributed by atoms with E-state index >= 15 is 0 Å². The van der Waals surface area contributed by atoms with Gasteiger partial charge in [-0.3, -0.25) is 4.68 Å². The lowest BCUT2D eigenvalue weighted by Crippen LogP contribution is -2.11. The van der Waals surface area contributed by atoms with Crippen molar-refractivity contribution >= 4 is 0 Å². The molecule has 0 aromatic carbocycles. The molecular weight excluding hydrogens is 214 g/mol. The second-order valence-corrected chi connectivity index (χ2v) is 4.78. The smallest absolute Gasteiger partial charge is 0.146 e. The molecule has 1 atom stereocenters. The van der Waals surface area contributed by atoms with Gasteiger partial charge in [-0.2, -0.15) is 5.10 Å². The van der Waals surface area contributed by atoms with E-state index in [2.05, 4.69) is 33.1 Å². The van der Waals surface area contributed by atoms with Gasteiger partial charge < -0.3 is 10.3 Å². The van der Waals surface area contributed by atoms with E-state index in [-0.39, 0.29) is 6.04 Å². The molecule has 0 saturated heterocycles. The second-order valence-electron chi connectivity index (χ2n) is 4.78. The number of rotatable bonds is 4. The average molecular weight is 231 g/mol. The Kier molecular flexibility index (Phi) is 2.48. The lowest BCUT2D eigenvalue weighted by Gasteiger charge is -2.07. The summed E-state index contributed by atoms with van der Waals surface area (Å²) in [5.74, 6) is 1.65. The first kappa shape index (κ1) is 10.5. The Labute approximate surface area is 100 Å². The molecule has 2 aromatic rings. The molecule has 0 bridgehead atoms. The second kappa shape index (κ2) is 4.00. The highest BCUT2D eigenvalue weighted by molar-refractivity contribution is 5.18. The van der Waals surface area contributed by atoms with E-state index in [4.69, 9.17) is 5.73 Å². The van der Waals surface area contributed by atoms with Crippen LogP contribution >= 0.6 is 0 Å². The Balaban J connectivity index is 1.74. The Morgan fingerprint density at radius 3 is 3.00 bits per heavy atom. The van der Waals surface area contributed by atoms with Gasteiger partial charge in [0.25, 0.3) is 0 Å². The summed E-state index contributed by atoms with van der Waals surface area (Å²) in [5.41, 5.74) is 7.40. The summed E-state index contributed by atoms with van der Waals surface area (Å²) in [7, 11) is 1.91. The van der Waals surface area contributed by atoms with Crippen LogP contribution in [0, 0.1) is 5.92 Å². The van der Waals surface area contributed by atoms with E-state index in [1.54, 1.807) is 11.0 Å². The number of nitrogens with zero attached hydrogens (tertiary/aromatic N) is 4. The monoisotopic (exact) mass is 231 g/mol. The van der Waals surface area contributed by atoms with Crippen molar-refractivity contribution in [1.82, 2.24) is 19.3 Å². The Hall–Kier alpha value is -1.62. The molecule has 90 valence electrons. The number of hydrogen-bond acceptors (Lipinski definition) is 3. The molecule has 1 saturated carbocycles. The summed E-state index contributed by atoms with van der Waals surface area (Å²) in [6.07, 6.45) is 8.31. The van der Waals surface area contributed by atoms with Crippen LogP contribution in [-0.2, 0) is 13.6 Å². The van der Waals surface area contributed by atoms with Gasteiger partial charge >= 0.3 is 0 Å². The summed E-state index contributed by atoms with van der Waals surface area (Å²) < 4.78 is 3.90. The van der Waals surface area contributed by atoms with Crippen LogP contribution in [0.15, 0.2) is 24.8 Å². The van der Waals surface area contributed by atoms with Gasteiger partial charge in [-0.15, -0.1) is 0 Å². The van der Waals surface area contributed by atoms with Gasteiger partial charge in [0.15, 0.2) is 0 Å². The molecule has 1 aliphatic carbocycles. The molecule has 17 heavy (non-hydrogen) atoms. The fourth-order valence-electron chi connectivity index (χ4n) is 2.11. The van der Waals surface area contributed by atoms with Gasteiger partial charge in [-0.1, -0.05) is 0 Å². The number of nitrogens with two attached hydrogens (primary N) is 1. The lowest BCUT2D eigenvalue weighted by atomic mass is 10.1. The minimum Gasteiger partial charge on any atom is -0.346 e. The third-order valence-corrected chi connectivity index (χ3v) is 3.42. The maximum absolute atomic E-state index is 6.17. The third-order valence-electron chi connectivity index (χ3n) is 3.42. The topological polar surface area (TPSA) is 61.7 Å². The summed E-state index contributed by atoms with van der Waals surface area (Å²) in [5, 5.41) is 4.06. The Morgan fingerprint density at radius 1 is 1.53 bits per heavy atom. The highest BCUT2D eigenvalue weighted by atomic mass is 15.3. The number of aryl methyl sites for hydroxylation is 1. The molecule has 2 N–H and O–H groups in total. The molecule has 1 unspecified atom stereocenters. The van der Waals surface area contributed by atoms with Crippen LogP contribution in [0.5, 0.6) is 0 Å². The largest absolute Gasteiger partial charge is 0.346 e. The van der Waals surface area contributed by atoms with Crippen molar-refractivity contribution in [3.8, 4) is 0 Å². The van der Waals surface area contributed by atoms with Gasteiger partial charge in [0.05, 0.1) is 6.54 Å². The summed E-state index contributed by atoms with van der Waals surface area (Å²) in [6, 6.07) is 2.31. The van der Waals surface area contributed by atoms with Crippen molar-refractivity contribution in [3.05, 3.63) is 36.2 Å². The summed E-state index contributed by atoms with van der Waals surface area (Å²) in [4.78, 5) is 4.21. The van der Waals surface area contributed by atoms with Crippen molar-refractivity contribution in [2.45, 2.75) is 25.4 Å². The standard InChI is InChI=1S/C12H17N5/c1-16-11(14-8-15-16)7-17-5-4-10(6-17)12(13)9-2-3-9/h4-6,8-9,12H,2-3,7,13H2,1H3. The van der Waals surface area contributed by atoms with Gasteiger partial charge in [0.1, 0.15) is 12.2 Å². The Morgan fingerprint density at radius 2 is 2.35 bits per heavy atom. The normalized spacial score (nSPS) is 17.3. The molecular formula is C12H17N5. The van der Waals surface area contributed by atoms with Crippen molar-refractivity contribution in [1.29, 1.82) is 0 Å². The molecule has 0 amide bonds. The van der Waals surface area contributed by atoms with E-state index in [1.807, 2.05) is 7.05 Å². The van der Waals surface area contributed by atoms with Gasteiger partial charge in [0, 0.05) is 25.5 Å². The van der Waals surface area contributed by atoms with E-state index in [1.165, 1.54) is 18.4 Å². The maximum atomic E-state index is 6.17. The lowest BCUT2D eigenvalue weighted by molar-refractivity contribution is 0.624.